The van der Waals surface area contributed by atoms with Gasteiger partial charge in [-0.3, -0.25) is 4.79 Å². The van der Waals surface area contributed by atoms with Crippen molar-refractivity contribution in [2.75, 3.05) is 0 Å². The Balaban J connectivity index is 2.41. The molecule has 0 atom stereocenters. The molecule has 102 valence electrons. The lowest BCUT2D eigenvalue weighted by Crippen LogP contribution is -2.16. The number of aromatic amines is 1. The van der Waals surface area contributed by atoms with Crippen molar-refractivity contribution in [3.05, 3.63) is 52.1 Å². The average molecular weight is 276 g/mol. The second-order valence-electron chi connectivity index (χ2n) is 3.65. The van der Waals surface area contributed by atoms with Crippen LogP contribution in [-0.4, -0.2) is 32.1 Å². The minimum absolute atomic E-state index is 0.0387. The van der Waals surface area contributed by atoms with Crippen molar-refractivity contribution in [1.82, 2.24) is 9.97 Å². The number of carboxylic acids is 2. The lowest BCUT2D eigenvalue weighted by molar-refractivity contribution is 0.0681. The molecule has 2 rings (SSSR count). The van der Waals surface area contributed by atoms with Crippen molar-refractivity contribution in [2.45, 2.75) is 0 Å². The predicted molar refractivity (Wildman–Crippen MR) is 65.3 cm³/mol. The number of carboxylic acid groups (broad SMARTS) is 2. The Morgan fingerprint density at radius 3 is 2.55 bits per heavy atom. The van der Waals surface area contributed by atoms with Crippen molar-refractivity contribution >= 4 is 11.9 Å². The van der Waals surface area contributed by atoms with Gasteiger partial charge in [-0.25, -0.2) is 14.6 Å². The molecule has 0 unspecified atom stereocenters. The van der Waals surface area contributed by atoms with Gasteiger partial charge in [0.1, 0.15) is 16.9 Å². The van der Waals surface area contributed by atoms with E-state index in [4.69, 9.17) is 14.9 Å². The molecule has 2 heterocycles. The highest BCUT2D eigenvalue weighted by Crippen LogP contribution is 2.22. The molecular weight excluding hydrogens is 268 g/mol. The maximum Gasteiger partial charge on any atom is 0.341 e. The fraction of sp³-hybridized carbons (Fsp3) is 0. The van der Waals surface area contributed by atoms with Crippen LogP contribution in [0, 0.1) is 0 Å². The fourth-order valence-corrected chi connectivity index (χ4v) is 1.43. The molecule has 20 heavy (non-hydrogen) atoms. The third kappa shape index (κ3) is 2.64. The lowest BCUT2D eigenvalue weighted by atomic mass is 10.2. The van der Waals surface area contributed by atoms with Gasteiger partial charge in [0.25, 0.3) is 5.56 Å². The number of aromatic nitrogens is 2. The van der Waals surface area contributed by atoms with Crippen molar-refractivity contribution in [3.63, 3.8) is 0 Å². The fourth-order valence-electron chi connectivity index (χ4n) is 1.43. The zero-order chi connectivity index (χ0) is 14.7. The maximum absolute atomic E-state index is 11.2. The lowest BCUT2D eigenvalue weighted by Gasteiger charge is -2.07. The smallest absolute Gasteiger partial charge is 0.341 e. The van der Waals surface area contributed by atoms with Crippen LogP contribution < -0.4 is 10.3 Å². The van der Waals surface area contributed by atoms with E-state index >= 15 is 0 Å². The summed E-state index contributed by atoms with van der Waals surface area (Å²) in [5, 5.41) is 17.8. The van der Waals surface area contributed by atoms with Gasteiger partial charge in [0, 0.05) is 18.5 Å². The van der Waals surface area contributed by atoms with E-state index in [1.54, 1.807) is 0 Å². The van der Waals surface area contributed by atoms with E-state index in [1.165, 1.54) is 18.3 Å². The van der Waals surface area contributed by atoms with E-state index in [2.05, 4.69) is 9.97 Å². The molecule has 8 heteroatoms. The molecule has 2 aromatic heterocycles. The van der Waals surface area contributed by atoms with E-state index in [-0.39, 0.29) is 17.2 Å². The van der Waals surface area contributed by atoms with Gasteiger partial charge in [-0.2, -0.15) is 0 Å². The summed E-state index contributed by atoms with van der Waals surface area (Å²) >= 11 is 0. The van der Waals surface area contributed by atoms with Gasteiger partial charge < -0.3 is 19.9 Å². The van der Waals surface area contributed by atoms with E-state index < -0.39 is 23.1 Å². The summed E-state index contributed by atoms with van der Waals surface area (Å²) in [5.41, 5.74) is -1.49. The van der Waals surface area contributed by atoms with Gasteiger partial charge in [-0.1, -0.05) is 0 Å². The van der Waals surface area contributed by atoms with E-state index in [0.29, 0.717) is 0 Å². The first-order valence-corrected chi connectivity index (χ1v) is 5.31. The molecule has 8 nitrogen and oxygen atoms in total. The first-order chi connectivity index (χ1) is 9.49. The molecule has 0 saturated carbocycles. The molecule has 0 aliphatic heterocycles. The highest BCUT2D eigenvalue weighted by atomic mass is 16.5. The number of H-pyrrole nitrogens is 1. The molecule has 3 N–H and O–H groups in total. The van der Waals surface area contributed by atoms with Gasteiger partial charge in [0.2, 0.25) is 5.88 Å². The normalized spacial score (nSPS) is 10.0. The van der Waals surface area contributed by atoms with E-state index in [1.807, 2.05) is 0 Å². The van der Waals surface area contributed by atoms with Gasteiger partial charge >= 0.3 is 11.9 Å². The zero-order valence-electron chi connectivity index (χ0n) is 9.86. The number of ether oxygens (including phenoxy) is 1. The number of nitrogens with one attached hydrogen (secondary N) is 1. The first kappa shape index (κ1) is 13.3. The van der Waals surface area contributed by atoms with Crippen LogP contribution in [0.2, 0.25) is 0 Å². The largest absolute Gasteiger partial charge is 0.477 e. The van der Waals surface area contributed by atoms with Crippen LogP contribution in [0.3, 0.4) is 0 Å². The minimum Gasteiger partial charge on any atom is -0.477 e. The summed E-state index contributed by atoms with van der Waals surface area (Å²) in [7, 11) is 0. The zero-order valence-corrected chi connectivity index (χ0v) is 9.86. The summed E-state index contributed by atoms with van der Waals surface area (Å²) < 4.78 is 5.19. The minimum atomic E-state index is -1.42. The van der Waals surface area contributed by atoms with Crippen LogP contribution in [0.5, 0.6) is 11.6 Å². The van der Waals surface area contributed by atoms with Crippen LogP contribution in [0.1, 0.15) is 20.7 Å². The molecule has 0 aliphatic carbocycles. The predicted octanol–water partition coefficient (Wildman–Crippen LogP) is 0.959. The van der Waals surface area contributed by atoms with Gasteiger partial charge in [0.15, 0.2) is 0 Å². The van der Waals surface area contributed by atoms with Crippen LogP contribution >= 0.6 is 0 Å². The third-order valence-corrected chi connectivity index (χ3v) is 2.32. The van der Waals surface area contributed by atoms with E-state index in [9.17, 15) is 14.4 Å². The molecule has 0 bridgehead atoms. The van der Waals surface area contributed by atoms with Crippen molar-refractivity contribution in [1.29, 1.82) is 0 Å². The summed E-state index contributed by atoms with van der Waals surface area (Å²) in [4.78, 5) is 39.0. The quantitative estimate of drug-likeness (QED) is 0.758. The molecule has 2 aromatic rings. The number of pyridine rings is 2. The molecular formula is C12H8N2O6. The number of aromatic carboxylic acids is 2. The Bertz CT molecular complexity index is 737. The Morgan fingerprint density at radius 2 is 1.90 bits per heavy atom. The van der Waals surface area contributed by atoms with E-state index in [0.717, 1.165) is 12.3 Å². The molecule has 0 fully saturated rings. The first-order valence-electron chi connectivity index (χ1n) is 5.31. The second kappa shape index (κ2) is 5.22. The highest BCUT2D eigenvalue weighted by molar-refractivity contribution is 5.90. The van der Waals surface area contributed by atoms with Crippen LogP contribution in [0.15, 0.2) is 35.4 Å². The molecule has 0 amide bonds. The Hall–Kier alpha value is -3.16. The standard InChI is InChI=1S/C12H8N2O6/c15-9-8(12(18)19)4-6(5-14-9)20-10-7(11(16)17)2-1-3-13-10/h1-5H,(H,14,15)(H,16,17)(H,18,19). The Morgan fingerprint density at radius 1 is 1.20 bits per heavy atom. The Kier molecular flexibility index (Phi) is 3.47. The van der Waals surface area contributed by atoms with Crippen molar-refractivity contribution in [2.24, 2.45) is 0 Å². The monoisotopic (exact) mass is 276 g/mol. The van der Waals surface area contributed by atoms with Crippen LogP contribution in [0.25, 0.3) is 0 Å². The van der Waals surface area contributed by atoms with Gasteiger partial charge in [-0.15, -0.1) is 0 Å². The molecule has 0 aromatic carbocycles. The number of nitrogens with zero attached hydrogens (tertiary/aromatic N) is 1. The summed E-state index contributed by atoms with van der Waals surface area (Å²) in [6, 6.07) is 3.70. The number of hydrogen-bond donors (Lipinski definition) is 3. The summed E-state index contributed by atoms with van der Waals surface area (Å²) in [5.74, 6) is -2.90. The molecule has 0 radical (unpaired) electrons. The third-order valence-electron chi connectivity index (χ3n) is 2.32. The highest BCUT2D eigenvalue weighted by Gasteiger charge is 2.15. The summed E-state index contributed by atoms with van der Waals surface area (Å²) in [6.07, 6.45) is 2.45. The number of hydrogen-bond acceptors (Lipinski definition) is 5. The van der Waals surface area contributed by atoms with Gasteiger partial charge in [-0.05, 0) is 12.1 Å². The average Bonchev–Trinajstić information content (AvgIpc) is 2.41. The van der Waals surface area contributed by atoms with Gasteiger partial charge in [0.05, 0.1) is 0 Å². The molecule has 0 aliphatic rings. The second-order valence-corrected chi connectivity index (χ2v) is 3.65. The Labute approximate surface area is 111 Å². The van der Waals surface area contributed by atoms with Crippen molar-refractivity contribution in [3.8, 4) is 11.6 Å². The summed E-state index contributed by atoms with van der Waals surface area (Å²) in [6.45, 7) is 0. The van der Waals surface area contributed by atoms with Crippen LogP contribution in [0.4, 0.5) is 0 Å². The number of carbonyl (C=O) groups is 2. The van der Waals surface area contributed by atoms with Crippen LogP contribution in [-0.2, 0) is 0 Å². The maximum atomic E-state index is 11.2. The topological polar surface area (TPSA) is 130 Å². The molecule has 0 saturated heterocycles. The number of rotatable bonds is 4. The SMILES string of the molecule is O=C(O)c1cccnc1Oc1c[nH]c(=O)c(C(=O)O)c1. The molecule has 0 spiro atoms. The van der Waals surface area contributed by atoms with Crippen molar-refractivity contribution < 1.29 is 24.5 Å².